The molecule has 1 atom stereocenters. The van der Waals surface area contributed by atoms with Crippen LogP contribution in [-0.2, 0) is 13.5 Å². The zero-order valence-electron chi connectivity index (χ0n) is 13.2. The molecule has 4 heteroatoms. The van der Waals surface area contributed by atoms with Crippen LogP contribution in [0.4, 0.5) is 0 Å². The fraction of sp³-hybridized carbons (Fsp3) is 0.812. The first-order valence-electron chi connectivity index (χ1n) is 7.99. The summed E-state index contributed by atoms with van der Waals surface area (Å²) in [5.74, 6) is 3.63. The van der Waals surface area contributed by atoms with E-state index in [-0.39, 0.29) is 0 Å². The summed E-state index contributed by atoms with van der Waals surface area (Å²) < 4.78 is 2.05. The zero-order valence-corrected chi connectivity index (χ0v) is 14.0. The molecule has 0 aliphatic carbocycles. The number of hydrogen-bond donors (Lipinski definition) is 1. The van der Waals surface area contributed by atoms with E-state index < -0.39 is 0 Å². The topological polar surface area (TPSA) is 29.9 Å². The third-order valence-electron chi connectivity index (χ3n) is 4.20. The molecule has 20 heavy (non-hydrogen) atoms. The van der Waals surface area contributed by atoms with Crippen molar-refractivity contribution in [3.05, 3.63) is 17.5 Å². The summed E-state index contributed by atoms with van der Waals surface area (Å²) in [4.78, 5) is 0. The quantitative estimate of drug-likeness (QED) is 0.838. The molecule has 0 aromatic carbocycles. The van der Waals surface area contributed by atoms with Gasteiger partial charge in [0.1, 0.15) is 0 Å². The van der Waals surface area contributed by atoms with E-state index in [4.69, 9.17) is 0 Å². The average molecular weight is 295 g/mol. The highest BCUT2D eigenvalue weighted by molar-refractivity contribution is 7.99. The molecule has 114 valence electrons. The highest BCUT2D eigenvalue weighted by Crippen LogP contribution is 2.27. The molecule has 0 amide bonds. The average Bonchev–Trinajstić information content (AvgIpc) is 2.75. The molecule has 1 fully saturated rings. The van der Waals surface area contributed by atoms with Gasteiger partial charge in [0.15, 0.2) is 0 Å². The minimum atomic E-state index is 0.609. The van der Waals surface area contributed by atoms with E-state index in [9.17, 15) is 0 Å². The van der Waals surface area contributed by atoms with Gasteiger partial charge in [-0.2, -0.15) is 16.9 Å². The number of hydrogen-bond acceptors (Lipinski definition) is 3. The highest BCUT2D eigenvalue weighted by atomic mass is 32.2. The minimum absolute atomic E-state index is 0.609. The lowest BCUT2D eigenvalue weighted by molar-refractivity contribution is 0.358. The predicted molar refractivity (Wildman–Crippen MR) is 88.4 cm³/mol. The van der Waals surface area contributed by atoms with Crippen LogP contribution in [0.15, 0.2) is 6.07 Å². The van der Waals surface area contributed by atoms with Gasteiger partial charge in [-0.1, -0.05) is 6.92 Å². The first-order valence-corrected chi connectivity index (χ1v) is 9.15. The second kappa shape index (κ2) is 8.08. The van der Waals surface area contributed by atoms with Gasteiger partial charge in [-0.3, -0.25) is 4.68 Å². The molecular formula is C16H29N3S. The summed E-state index contributed by atoms with van der Waals surface area (Å²) in [6, 6.07) is 2.84. The van der Waals surface area contributed by atoms with Gasteiger partial charge in [-0.15, -0.1) is 0 Å². The van der Waals surface area contributed by atoms with E-state index in [1.165, 1.54) is 42.9 Å². The van der Waals surface area contributed by atoms with E-state index in [1.54, 1.807) is 0 Å². The molecule has 1 aliphatic heterocycles. The van der Waals surface area contributed by atoms with Crippen molar-refractivity contribution in [2.45, 2.75) is 52.0 Å². The van der Waals surface area contributed by atoms with E-state index in [1.807, 2.05) is 4.68 Å². The summed E-state index contributed by atoms with van der Waals surface area (Å²) in [6.07, 6.45) is 6.45. The molecule has 0 spiro atoms. The number of aryl methyl sites for hydroxylation is 2. The molecule has 1 aromatic rings. The lowest BCUT2D eigenvalue weighted by Crippen LogP contribution is -2.35. The Hall–Kier alpha value is -0.480. The molecule has 1 unspecified atom stereocenters. The predicted octanol–water partition coefficient (Wildman–Crippen LogP) is 3.17. The largest absolute Gasteiger partial charge is 0.314 e. The summed E-state index contributed by atoms with van der Waals surface area (Å²) in [5.41, 5.74) is 2.49. The molecule has 2 rings (SSSR count). The minimum Gasteiger partial charge on any atom is -0.314 e. The number of thioether (sulfide) groups is 1. The molecule has 1 aromatic heterocycles. The lowest BCUT2D eigenvalue weighted by Gasteiger charge is -2.27. The van der Waals surface area contributed by atoms with Crippen LogP contribution in [0.25, 0.3) is 0 Å². The van der Waals surface area contributed by atoms with E-state index >= 15 is 0 Å². The Morgan fingerprint density at radius 1 is 1.45 bits per heavy atom. The number of nitrogens with zero attached hydrogens (tertiary/aromatic N) is 2. The van der Waals surface area contributed by atoms with Crippen LogP contribution in [0.3, 0.4) is 0 Å². The maximum Gasteiger partial charge on any atom is 0.0596 e. The molecule has 1 aliphatic rings. The SMILES string of the molecule is CCCNC(Cc1cc(C)nn1C)CC1CCSCC1. The smallest absolute Gasteiger partial charge is 0.0596 e. The van der Waals surface area contributed by atoms with Gasteiger partial charge in [-0.25, -0.2) is 0 Å². The second-order valence-corrected chi connectivity index (χ2v) is 7.27. The van der Waals surface area contributed by atoms with Gasteiger partial charge >= 0.3 is 0 Å². The van der Waals surface area contributed by atoms with Crippen molar-refractivity contribution >= 4 is 11.8 Å². The van der Waals surface area contributed by atoms with Crippen LogP contribution in [0, 0.1) is 12.8 Å². The second-order valence-electron chi connectivity index (χ2n) is 6.05. The third kappa shape index (κ3) is 4.81. The summed E-state index contributed by atoms with van der Waals surface area (Å²) in [7, 11) is 2.07. The van der Waals surface area contributed by atoms with Crippen molar-refractivity contribution in [1.82, 2.24) is 15.1 Å². The van der Waals surface area contributed by atoms with Gasteiger partial charge in [0.05, 0.1) is 5.69 Å². The standard InChI is InChI=1S/C16H29N3S/c1-4-7-17-15(11-14-5-8-20-9-6-14)12-16-10-13(2)18-19(16)3/h10,14-15,17H,4-9,11-12H2,1-3H3. The maximum absolute atomic E-state index is 4.48. The Bertz CT molecular complexity index is 396. The summed E-state index contributed by atoms with van der Waals surface area (Å²) in [5, 5.41) is 8.23. The molecule has 2 heterocycles. The van der Waals surface area contributed by atoms with Gasteiger partial charge < -0.3 is 5.32 Å². The van der Waals surface area contributed by atoms with Crippen LogP contribution < -0.4 is 5.32 Å². The Labute approximate surface area is 127 Å². The fourth-order valence-electron chi connectivity index (χ4n) is 3.08. The van der Waals surface area contributed by atoms with Crippen molar-refractivity contribution < 1.29 is 0 Å². The maximum atomic E-state index is 4.48. The van der Waals surface area contributed by atoms with Crippen LogP contribution >= 0.6 is 11.8 Å². The molecule has 0 bridgehead atoms. The number of nitrogens with one attached hydrogen (secondary N) is 1. The molecule has 0 radical (unpaired) electrons. The van der Waals surface area contributed by atoms with E-state index in [0.29, 0.717) is 6.04 Å². The Morgan fingerprint density at radius 2 is 2.20 bits per heavy atom. The van der Waals surface area contributed by atoms with Crippen molar-refractivity contribution in [3.8, 4) is 0 Å². The van der Waals surface area contributed by atoms with Crippen LogP contribution in [0.5, 0.6) is 0 Å². The van der Waals surface area contributed by atoms with Gasteiger partial charge in [0, 0.05) is 25.2 Å². The van der Waals surface area contributed by atoms with Crippen LogP contribution in [-0.4, -0.2) is 33.9 Å². The van der Waals surface area contributed by atoms with Crippen LogP contribution in [0.1, 0.15) is 44.0 Å². The summed E-state index contributed by atoms with van der Waals surface area (Å²) in [6.45, 7) is 5.45. The van der Waals surface area contributed by atoms with Crippen molar-refractivity contribution in [2.24, 2.45) is 13.0 Å². The Morgan fingerprint density at radius 3 is 2.80 bits per heavy atom. The molecule has 1 N–H and O–H groups in total. The van der Waals surface area contributed by atoms with Crippen molar-refractivity contribution in [1.29, 1.82) is 0 Å². The highest BCUT2D eigenvalue weighted by Gasteiger charge is 2.20. The first-order chi connectivity index (χ1) is 9.69. The van der Waals surface area contributed by atoms with Crippen molar-refractivity contribution in [2.75, 3.05) is 18.1 Å². The molecule has 3 nitrogen and oxygen atoms in total. The lowest BCUT2D eigenvalue weighted by atomic mass is 9.92. The zero-order chi connectivity index (χ0) is 14.4. The monoisotopic (exact) mass is 295 g/mol. The fourth-order valence-corrected chi connectivity index (χ4v) is 4.28. The van der Waals surface area contributed by atoms with E-state index in [0.717, 1.165) is 24.6 Å². The molecular weight excluding hydrogens is 266 g/mol. The summed E-state index contributed by atoms with van der Waals surface area (Å²) >= 11 is 2.12. The molecule has 1 saturated heterocycles. The van der Waals surface area contributed by atoms with Gasteiger partial charge in [0.2, 0.25) is 0 Å². The Balaban J connectivity index is 1.93. The Kier molecular flexibility index (Phi) is 6.43. The van der Waals surface area contributed by atoms with Gasteiger partial charge in [-0.05, 0) is 62.6 Å². The number of aromatic nitrogens is 2. The van der Waals surface area contributed by atoms with Gasteiger partial charge in [0.25, 0.3) is 0 Å². The normalized spacial score (nSPS) is 18.4. The third-order valence-corrected chi connectivity index (χ3v) is 5.24. The number of rotatable bonds is 7. The first kappa shape index (κ1) is 15.9. The van der Waals surface area contributed by atoms with E-state index in [2.05, 4.69) is 49.1 Å². The van der Waals surface area contributed by atoms with Crippen LogP contribution in [0.2, 0.25) is 0 Å². The molecule has 0 saturated carbocycles. The van der Waals surface area contributed by atoms with Crippen molar-refractivity contribution in [3.63, 3.8) is 0 Å².